The van der Waals surface area contributed by atoms with E-state index in [1.165, 1.54) is 20.0 Å². The first kappa shape index (κ1) is 34.9. The van der Waals surface area contributed by atoms with E-state index in [9.17, 15) is 14.4 Å². The van der Waals surface area contributed by atoms with Gasteiger partial charge in [-0.15, -0.1) is 0 Å². The number of likely N-dealkylation sites (tertiary alicyclic amines) is 2. The number of rotatable bonds is 8. The van der Waals surface area contributed by atoms with Crippen LogP contribution in [0.5, 0.6) is 0 Å². The Kier molecular flexibility index (Phi) is 8.83. The molecule has 276 valence electrons. The summed E-state index contributed by atoms with van der Waals surface area (Å²) in [6, 6.07) is 13.4. The van der Waals surface area contributed by atoms with Crippen molar-refractivity contribution in [2.75, 3.05) is 13.7 Å². The lowest BCUT2D eigenvalue weighted by atomic mass is 9.96. The topological polar surface area (TPSA) is 136 Å². The largest absolute Gasteiger partial charge is 0.453 e. The number of hydrogen-bond donors (Lipinski definition) is 3. The van der Waals surface area contributed by atoms with Crippen molar-refractivity contribution < 1.29 is 19.1 Å². The third-order valence-electron chi connectivity index (χ3n) is 12.2. The van der Waals surface area contributed by atoms with Crippen LogP contribution in [0, 0.1) is 40.9 Å². The minimum atomic E-state index is -0.667. The van der Waals surface area contributed by atoms with Gasteiger partial charge in [-0.2, -0.15) is 0 Å². The third-order valence-corrected chi connectivity index (χ3v) is 12.2. The molecule has 4 aliphatic rings. The number of aromatic amines is 2. The second-order valence-electron chi connectivity index (χ2n) is 16.5. The van der Waals surface area contributed by atoms with Gasteiger partial charge in [0.05, 0.1) is 42.1 Å². The van der Waals surface area contributed by atoms with Gasteiger partial charge in [0, 0.05) is 29.6 Å². The van der Waals surface area contributed by atoms with Crippen molar-refractivity contribution in [3.8, 4) is 23.1 Å². The number of H-pyrrole nitrogens is 2. The van der Waals surface area contributed by atoms with Crippen LogP contribution in [0.3, 0.4) is 0 Å². The summed E-state index contributed by atoms with van der Waals surface area (Å²) < 4.78 is 4.79. The van der Waals surface area contributed by atoms with Gasteiger partial charge in [-0.1, -0.05) is 58.6 Å². The Hall–Kier alpha value is -5.11. The molecule has 2 aliphatic heterocycles. The van der Waals surface area contributed by atoms with E-state index in [0.29, 0.717) is 11.8 Å². The average molecular weight is 716 g/mol. The maximum Gasteiger partial charge on any atom is 0.407 e. The fourth-order valence-corrected chi connectivity index (χ4v) is 8.29. The Balaban J connectivity index is 0.952. The number of aromatic nitrogens is 4. The highest BCUT2D eigenvalue weighted by molar-refractivity contribution is 5.87. The summed E-state index contributed by atoms with van der Waals surface area (Å²) in [5.41, 5.74) is 5.70. The number of nitrogens with zero attached hydrogens (tertiary/aromatic N) is 4. The number of hydrogen-bond acceptors (Lipinski definition) is 6. The number of alkyl carbamates (subject to hydrolysis) is 1. The number of carbonyl (C=O) groups excluding carboxylic acids is 3. The quantitative estimate of drug-likeness (QED) is 0.173. The zero-order valence-corrected chi connectivity index (χ0v) is 31.4. The van der Waals surface area contributed by atoms with Gasteiger partial charge in [0.2, 0.25) is 11.8 Å². The van der Waals surface area contributed by atoms with Gasteiger partial charge < -0.3 is 29.8 Å². The summed E-state index contributed by atoms with van der Waals surface area (Å²) in [6.07, 6.45) is 6.40. The molecule has 3 N–H and O–H groups in total. The molecule has 4 fully saturated rings. The van der Waals surface area contributed by atoms with E-state index >= 15 is 0 Å². The first-order chi connectivity index (χ1) is 25.4. The number of imidazole rings is 2. The van der Waals surface area contributed by atoms with Crippen LogP contribution in [0.4, 0.5) is 4.79 Å². The summed E-state index contributed by atoms with van der Waals surface area (Å²) >= 11 is 0. The van der Waals surface area contributed by atoms with Crippen LogP contribution in [0.2, 0.25) is 0 Å². The molecule has 2 saturated heterocycles. The summed E-state index contributed by atoms with van der Waals surface area (Å²) in [7, 11) is 1.30. The van der Waals surface area contributed by atoms with Crippen LogP contribution in [0.15, 0.2) is 48.7 Å². The molecule has 2 aromatic heterocycles. The maximum absolute atomic E-state index is 13.7. The van der Waals surface area contributed by atoms with E-state index in [1.807, 2.05) is 74.3 Å². The van der Waals surface area contributed by atoms with Crippen molar-refractivity contribution in [3.05, 3.63) is 71.4 Å². The molecule has 1 spiro atoms. The SMILES string of the molecule is COC(=O)N[C@H](C(=O)N1[C@@H]2C[C@@H]2C[C@H]1c1ncc(-c2ccc(C#Cc3ccc4nc([C@@H]5CC6(CC6)CN5C(=O)[C@@H](C)C(C)C)[nH]c4c3)cc2)[nH]1)C(C)C. The highest BCUT2D eigenvalue weighted by Gasteiger charge is 2.57. The van der Waals surface area contributed by atoms with E-state index in [0.717, 1.165) is 70.9 Å². The molecule has 2 saturated carbocycles. The summed E-state index contributed by atoms with van der Waals surface area (Å²) in [5, 5.41) is 2.73. The zero-order valence-electron chi connectivity index (χ0n) is 31.4. The second-order valence-corrected chi connectivity index (χ2v) is 16.5. The van der Waals surface area contributed by atoms with Crippen LogP contribution < -0.4 is 5.32 Å². The number of ether oxygens (including phenoxy) is 1. The van der Waals surface area contributed by atoms with E-state index in [4.69, 9.17) is 14.7 Å². The van der Waals surface area contributed by atoms with Crippen molar-refractivity contribution in [1.82, 2.24) is 35.1 Å². The number of methoxy groups -OCH3 is 1. The second kappa shape index (κ2) is 13.4. The zero-order chi connectivity index (χ0) is 37.2. The molecule has 4 aromatic rings. The Morgan fingerprint density at radius 3 is 2.34 bits per heavy atom. The summed E-state index contributed by atoms with van der Waals surface area (Å²) in [5.74, 6) is 9.02. The molecule has 2 aliphatic carbocycles. The van der Waals surface area contributed by atoms with E-state index in [1.54, 1.807) is 0 Å². The number of fused-ring (bicyclic) bond motifs is 2. The standard InChI is InChI=1S/C42H49N7O4/c1-23(2)25(5)39(50)48-22-42(15-16-42)20-35(48)38-44-30-14-11-27(17-31(30)45-38)8-7-26-9-12-28(13-10-26)32-21-43-37(46-32)34-19-29-18-33(29)49(34)40(51)36(24(3)4)47-41(52)53-6/h9-14,17,21,23-25,29,33-36H,15-16,18-20,22H2,1-6H3,(H,43,46)(H,44,45)(H,47,52)/t25-,29+,33+,34-,35-,36-/m0/s1. The van der Waals surface area contributed by atoms with Crippen molar-refractivity contribution in [2.45, 2.75) is 90.9 Å². The highest BCUT2D eigenvalue weighted by Crippen LogP contribution is 2.58. The molecule has 0 bridgehead atoms. The van der Waals surface area contributed by atoms with Gasteiger partial charge in [-0.25, -0.2) is 14.8 Å². The summed E-state index contributed by atoms with van der Waals surface area (Å²) in [4.78, 5) is 59.9. The van der Waals surface area contributed by atoms with Crippen molar-refractivity contribution >= 4 is 28.9 Å². The molecule has 3 amide bonds. The van der Waals surface area contributed by atoms with Gasteiger partial charge in [0.25, 0.3) is 0 Å². The van der Waals surface area contributed by atoms with Gasteiger partial charge in [0.15, 0.2) is 0 Å². The fourth-order valence-electron chi connectivity index (χ4n) is 8.29. The van der Waals surface area contributed by atoms with Crippen LogP contribution in [-0.2, 0) is 14.3 Å². The predicted molar refractivity (Wildman–Crippen MR) is 201 cm³/mol. The molecule has 11 heteroatoms. The Labute approximate surface area is 310 Å². The van der Waals surface area contributed by atoms with E-state index in [2.05, 4.69) is 45.9 Å². The molecule has 11 nitrogen and oxygen atoms in total. The lowest BCUT2D eigenvalue weighted by Gasteiger charge is -2.31. The van der Waals surface area contributed by atoms with Crippen LogP contribution >= 0.6 is 0 Å². The fraction of sp³-hybridized carbons (Fsp3) is 0.500. The number of piperidine rings is 1. The number of carbonyl (C=O) groups is 3. The molecule has 2 aromatic carbocycles. The first-order valence-electron chi connectivity index (χ1n) is 19.1. The lowest BCUT2D eigenvalue weighted by molar-refractivity contribution is -0.138. The number of benzene rings is 2. The predicted octanol–water partition coefficient (Wildman–Crippen LogP) is 6.74. The normalized spacial score (nSPS) is 23.5. The number of nitrogens with one attached hydrogen (secondary N) is 3. The van der Waals surface area contributed by atoms with Gasteiger partial charge in [-0.05, 0) is 91.2 Å². The molecular formula is C42H49N7O4. The Morgan fingerprint density at radius 1 is 0.906 bits per heavy atom. The van der Waals surface area contributed by atoms with Crippen molar-refractivity contribution in [3.63, 3.8) is 0 Å². The molecule has 8 rings (SSSR count). The molecule has 0 radical (unpaired) electrons. The van der Waals surface area contributed by atoms with E-state index in [-0.39, 0.29) is 47.2 Å². The molecule has 53 heavy (non-hydrogen) atoms. The summed E-state index contributed by atoms with van der Waals surface area (Å²) in [6.45, 7) is 11.0. The van der Waals surface area contributed by atoms with Crippen LogP contribution in [0.25, 0.3) is 22.3 Å². The first-order valence-corrected chi connectivity index (χ1v) is 19.1. The molecule has 6 atom stereocenters. The Bertz CT molecular complexity index is 2120. The minimum Gasteiger partial charge on any atom is -0.453 e. The van der Waals surface area contributed by atoms with Crippen LogP contribution in [-0.4, -0.2) is 73.4 Å². The lowest BCUT2D eigenvalue weighted by Crippen LogP contribution is -2.52. The number of amides is 3. The van der Waals surface area contributed by atoms with Gasteiger partial charge in [0.1, 0.15) is 17.7 Å². The minimum absolute atomic E-state index is 0.0175. The van der Waals surface area contributed by atoms with E-state index < -0.39 is 12.1 Å². The monoisotopic (exact) mass is 715 g/mol. The van der Waals surface area contributed by atoms with Gasteiger partial charge in [-0.3, -0.25) is 9.59 Å². The average Bonchev–Trinajstić information content (AvgIpc) is 3.77. The molecular weight excluding hydrogens is 667 g/mol. The van der Waals surface area contributed by atoms with Crippen LogP contribution in [0.1, 0.15) is 102 Å². The highest BCUT2D eigenvalue weighted by atomic mass is 16.5. The van der Waals surface area contributed by atoms with Crippen molar-refractivity contribution in [1.29, 1.82) is 0 Å². The molecule has 0 unspecified atom stereocenters. The Morgan fingerprint density at radius 2 is 1.64 bits per heavy atom. The maximum atomic E-state index is 13.7. The third kappa shape index (κ3) is 6.68. The van der Waals surface area contributed by atoms with Crippen molar-refractivity contribution in [2.24, 2.45) is 29.1 Å². The smallest absolute Gasteiger partial charge is 0.407 e. The molecule has 4 heterocycles. The van der Waals surface area contributed by atoms with Gasteiger partial charge >= 0.3 is 6.09 Å².